The van der Waals surface area contributed by atoms with Gasteiger partial charge in [-0.05, 0) is 57.4 Å². The van der Waals surface area contributed by atoms with Crippen LogP contribution in [0.3, 0.4) is 0 Å². The standard InChI is InChI=1S/C19H25NO5S/c1-4-24-18(22)14-10(3)15(19(23)25-5-2)26-17(14)20-16(21)13-9-11-6-7-12(13)8-11/h11-13H,4-9H2,1-3H3,(H,20,21). The highest BCUT2D eigenvalue weighted by Crippen LogP contribution is 2.49. The van der Waals surface area contributed by atoms with Crippen LogP contribution >= 0.6 is 11.3 Å². The molecule has 0 spiro atoms. The van der Waals surface area contributed by atoms with E-state index in [1.807, 2.05) is 0 Å². The van der Waals surface area contributed by atoms with Crippen LogP contribution in [0.4, 0.5) is 5.00 Å². The molecule has 1 amide bonds. The highest BCUT2D eigenvalue weighted by Gasteiger charge is 2.43. The molecule has 0 radical (unpaired) electrons. The Bertz CT molecular complexity index is 726. The monoisotopic (exact) mass is 379 g/mol. The zero-order valence-corrected chi connectivity index (χ0v) is 16.2. The molecule has 2 aliphatic carbocycles. The minimum Gasteiger partial charge on any atom is -0.462 e. The molecule has 2 saturated carbocycles. The van der Waals surface area contributed by atoms with Crippen LogP contribution in [0.2, 0.25) is 0 Å². The molecule has 1 heterocycles. The van der Waals surface area contributed by atoms with Crippen molar-refractivity contribution in [1.82, 2.24) is 0 Å². The molecule has 26 heavy (non-hydrogen) atoms. The van der Waals surface area contributed by atoms with E-state index in [4.69, 9.17) is 9.47 Å². The molecule has 2 bridgehead atoms. The van der Waals surface area contributed by atoms with Crippen molar-refractivity contribution in [2.75, 3.05) is 18.5 Å². The molecule has 7 heteroatoms. The van der Waals surface area contributed by atoms with Crippen molar-refractivity contribution in [3.05, 3.63) is 16.0 Å². The molecular formula is C19H25NO5S. The summed E-state index contributed by atoms with van der Waals surface area (Å²) in [6, 6.07) is 0. The van der Waals surface area contributed by atoms with Gasteiger partial charge in [-0.2, -0.15) is 0 Å². The Morgan fingerprint density at radius 3 is 2.35 bits per heavy atom. The summed E-state index contributed by atoms with van der Waals surface area (Å²) in [5.41, 5.74) is 0.756. The number of thiophene rings is 1. The summed E-state index contributed by atoms with van der Waals surface area (Å²) in [7, 11) is 0. The minimum absolute atomic E-state index is 0.00255. The molecule has 142 valence electrons. The summed E-state index contributed by atoms with van der Waals surface area (Å²) in [6.07, 6.45) is 4.36. The van der Waals surface area contributed by atoms with E-state index in [1.165, 1.54) is 6.42 Å². The van der Waals surface area contributed by atoms with Crippen molar-refractivity contribution in [3.63, 3.8) is 0 Å². The summed E-state index contributed by atoms with van der Waals surface area (Å²) in [4.78, 5) is 37.7. The summed E-state index contributed by atoms with van der Waals surface area (Å²) < 4.78 is 10.2. The topological polar surface area (TPSA) is 81.7 Å². The van der Waals surface area contributed by atoms with E-state index in [0.29, 0.717) is 27.3 Å². The number of hydrogen-bond acceptors (Lipinski definition) is 6. The van der Waals surface area contributed by atoms with Gasteiger partial charge in [0.15, 0.2) is 0 Å². The Balaban J connectivity index is 1.86. The Labute approximate surface area is 157 Å². The fraction of sp³-hybridized carbons (Fsp3) is 0.632. The largest absolute Gasteiger partial charge is 0.462 e. The quantitative estimate of drug-likeness (QED) is 0.761. The smallest absolute Gasteiger partial charge is 0.348 e. The average molecular weight is 379 g/mol. The van der Waals surface area contributed by atoms with Gasteiger partial charge < -0.3 is 14.8 Å². The van der Waals surface area contributed by atoms with Crippen molar-refractivity contribution in [2.45, 2.75) is 46.5 Å². The van der Waals surface area contributed by atoms with Crippen molar-refractivity contribution in [3.8, 4) is 0 Å². The average Bonchev–Trinajstić information content (AvgIpc) is 3.29. The third-order valence-electron chi connectivity index (χ3n) is 5.40. The normalized spacial score (nSPS) is 23.7. The van der Waals surface area contributed by atoms with Crippen molar-refractivity contribution in [2.24, 2.45) is 17.8 Å². The summed E-state index contributed by atoms with van der Waals surface area (Å²) in [5.74, 6) is 0.0229. The molecule has 6 nitrogen and oxygen atoms in total. The summed E-state index contributed by atoms with van der Waals surface area (Å²) in [6.45, 7) is 5.60. The van der Waals surface area contributed by atoms with Crippen LogP contribution in [0.5, 0.6) is 0 Å². The third kappa shape index (κ3) is 3.49. The van der Waals surface area contributed by atoms with Gasteiger partial charge in [-0.1, -0.05) is 6.42 Å². The zero-order chi connectivity index (χ0) is 18.8. The zero-order valence-electron chi connectivity index (χ0n) is 15.4. The van der Waals surface area contributed by atoms with E-state index in [2.05, 4.69) is 5.32 Å². The number of fused-ring (bicyclic) bond motifs is 2. The first-order valence-corrected chi connectivity index (χ1v) is 10.1. The number of ether oxygens (including phenoxy) is 2. The molecule has 3 unspecified atom stereocenters. The lowest BCUT2D eigenvalue weighted by Crippen LogP contribution is -2.27. The maximum Gasteiger partial charge on any atom is 0.348 e. The van der Waals surface area contributed by atoms with Gasteiger partial charge in [-0.3, -0.25) is 4.79 Å². The second-order valence-electron chi connectivity index (χ2n) is 6.97. The lowest BCUT2D eigenvalue weighted by Gasteiger charge is -2.20. The Kier molecular flexibility index (Phi) is 5.65. The van der Waals surface area contributed by atoms with Crippen molar-refractivity contribution >= 4 is 34.2 Å². The summed E-state index contributed by atoms with van der Waals surface area (Å²) >= 11 is 1.09. The molecule has 1 N–H and O–H groups in total. The van der Waals surface area contributed by atoms with E-state index in [1.54, 1.807) is 20.8 Å². The predicted octanol–water partition coefficient (Wildman–Crippen LogP) is 3.78. The van der Waals surface area contributed by atoms with Crippen molar-refractivity contribution in [1.29, 1.82) is 0 Å². The van der Waals surface area contributed by atoms with Crippen LogP contribution < -0.4 is 5.32 Å². The van der Waals surface area contributed by atoms with Gasteiger partial charge in [0.1, 0.15) is 9.88 Å². The number of hydrogen-bond donors (Lipinski definition) is 1. The number of rotatable bonds is 6. The molecule has 1 aromatic rings. The molecule has 0 aromatic carbocycles. The fourth-order valence-electron chi connectivity index (χ4n) is 4.21. The number of anilines is 1. The molecule has 0 saturated heterocycles. The maximum absolute atomic E-state index is 12.8. The maximum atomic E-state index is 12.8. The molecule has 0 aliphatic heterocycles. The van der Waals surface area contributed by atoms with Gasteiger partial charge in [0.2, 0.25) is 5.91 Å². The van der Waals surface area contributed by atoms with E-state index in [9.17, 15) is 14.4 Å². The number of carbonyl (C=O) groups excluding carboxylic acids is 3. The molecule has 3 rings (SSSR count). The van der Waals surface area contributed by atoms with Gasteiger partial charge in [-0.25, -0.2) is 9.59 Å². The SMILES string of the molecule is CCOC(=O)c1sc(NC(=O)C2CC3CCC2C3)c(C(=O)OCC)c1C. The lowest BCUT2D eigenvalue weighted by molar-refractivity contribution is -0.121. The van der Waals surface area contributed by atoms with Crippen LogP contribution in [0.25, 0.3) is 0 Å². The van der Waals surface area contributed by atoms with Gasteiger partial charge in [0, 0.05) is 5.92 Å². The first kappa shape index (κ1) is 18.9. The first-order chi connectivity index (χ1) is 12.5. The molecule has 3 atom stereocenters. The summed E-state index contributed by atoms with van der Waals surface area (Å²) in [5, 5.41) is 3.29. The highest BCUT2D eigenvalue weighted by atomic mass is 32.1. The van der Waals surface area contributed by atoms with Crippen LogP contribution in [-0.2, 0) is 14.3 Å². The Morgan fingerprint density at radius 1 is 1.08 bits per heavy atom. The molecule has 2 aliphatic rings. The number of carbonyl (C=O) groups is 3. The highest BCUT2D eigenvalue weighted by molar-refractivity contribution is 7.18. The van der Waals surface area contributed by atoms with Gasteiger partial charge >= 0.3 is 11.9 Å². The molecular weight excluding hydrogens is 354 g/mol. The second-order valence-corrected chi connectivity index (χ2v) is 7.99. The van der Waals surface area contributed by atoms with Crippen LogP contribution in [-0.4, -0.2) is 31.1 Å². The molecule has 1 aromatic heterocycles. The Morgan fingerprint density at radius 2 is 1.77 bits per heavy atom. The number of nitrogens with one attached hydrogen (secondary N) is 1. The van der Waals surface area contributed by atoms with Gasteiger partial charge in [0.05, 0.1) is 18.8 Å². The van der Waals surface area contributed by atoms with E-state index in [0.717, 1.165) is 30.6 Å². The number of amides is 1. The Hall–Kier alpha value is -1.89. The predicted molar refractivity (Wildman–Crippen MR) is 98.5 cm³/mol. The third-order valence-corrected chi connectivity index (χ3v) is 6.59. The van der Waals surface area contributed by atoms with Gasteiger partial charge in [0.25, 0.3) is 0 Å². The number of esters is 2. The molecule has 2 fully saturated rings. The van der Waals surface area contributed by atoms with Crippen molar-refractivity contribution < 1.29 is 23.9 Å². The van der Waals surface area contributed by atoms with Crippen LogP contribution in [0.15, 0.2) is 0 Å². The second kappa shape index (κ2) is 7.78. The minimum atomic E-state index is -0.528. The first-order valence-electron chi connectivity index (χ1n) is 9.24. The van der Waals surface area contributed by atoms with Crippen LogP contribution in [0, 0.1) is 24.7 Å². The van der Waals surface area contributed by atoms with E-state index >= 15 is 0 Å². The van der Waals surface area contributed by atoms with E-state index in [-0.39, 0.29) is 30.6 Å². The lowest BCUT2D eigenvalue weighted by atomic mass is 9.88. The van der Waals surface area contributed by atoms with Crippen LogP contribution in [0.1, 0.15) is 65.1 Å². The van der Waals surface area contributed by atoms with Gasteiger partial charge in [-0.15, -0.1) is 11.3 Å². The fourth-order valence-corrected chi connectivity index (χ4v) is 5.30. The van der Waals surface area contributed by atoms with E-state index < -0.39 is 11.9 Å².